The molecule has 7 nitrogen and oxygen atoms in total. The van der Waals surface area contributed by atoms with Crippen molar-refractivity contribution in [3.8, 4) is 0 Å². The van der Waals surface area contributed by atoms with Crippen LogP contribution in [0.4, 0.5) is 5.69 Å². The Kier molecular flexibility index (Phi) is 10.9. The highest BCUT2D eigenvalue weighted by Gasteiger charge is 2.33. The van der Waals surface area contributed by atoms with Gasteiger partial charge in [-0.3, -0.25) is 13.9 Å². The number of aryl methyl sites for hydroxylation is 3. The first-order valence-corrected chi connectivity index (χ1v) is 15.6. The van der Waals surface area contributed by atoms with Crippen molar-refractivity contribution >= 4 is 27.5 Å². The quantitative estimate of drug-likeness (QED) is 0.299. The molecule has 0 saturated heterocycles. The molecule has 0 bridgehead atoms. The number of hydrogen-bond acceptors (Lipinski definition) is 4. The van der Waals surface area contributed by atoms with Crippen LogP contribution in [0.3, 0.4) is 0 Å². The first kappa shape index (κ1) is 30.9. The van der Waals surface area contributed by atoms with Gasteiger partial charge in [-0.05, 0) is 49.9 Å². The van der Waals surface area contributed by atoms with Gasteiger partial charge in [0.1, 0.15) is 12.6 Å². The molecule has 0 aliphatic carbocycles. The van der Waals surface area contributed by atoms with E-state index in [2.05, 4.69) is 5.32 Å². The van der Waals surface area contributed by atoms with Crippen molar-refractivity contribution in [1.82, 2.24) is 10.2 Å². The average Bonchev–Trinajstić information content (AvgIpc) is 2.89. The number of sulfonamides is 1. The fraction of sp³-hybridized carbons (Fsp3) is 0.375. The number of benzene rings is 3. The zero-order chi connectivity index (χ0) is 29.3. The van der Waals surface area contributed by atoms with Gasteiger partial charge in [0, 0.05) is 19.5 Å². The average molecular weight is 564 g/mol. The first-order valence-electron chi connectivity index (χ1n) is 13.7. The lowest BCUT2D eigenvalue weighted by Gasteiger charge is -2.34. The minimum atomic E-state index is -3.80. The Balaban J connectivity index is 2.05. The van der Waals surface area contributed by atoms with Gasteiger partial charge in [-0.25, -0.2) is 8.42 Å². The Morgan fingerprint density at radius 1 is 0.875 bits per heavy atom. The maximum atomic E-state index is 14.1. The topological polar surface area (TPSA) is 86.8 Å². The van der Waals surface area contributed by atoms with E-state index in [0.29, 0.717) is 18.7 Å². The van der Waals surface area contributed by atoms with Crippen molar-refractivity contribution in [2.75, 3.05) is 23.7 Å². The number of rotatable bonds is 13. The third-order valence-corrected chi connectivity index (χ3v) is 7.96. The molecule has 40 heavy (non-hydrogen) atoms. The number of anilines is 1. The van der Waals surface area contributed by atoms with E-state index in [1.807, 2.05) is 94.4 Å². The van der Waals surface area contributed by atoms with Crippen LogP contribution in [0, 0.1) is 20.8 Å². The normalized spacial score (nSPS) is 12.0. The summed E-state index contributed by atoms with van der Waals surface area (Å²) >= 11 is 0. The van der Waals surface area contributed by atoms with Crippen LogP contribution in [0.1, 0.15) is 47.6 Å². The molecule has 0 unspecified atom stereocenters. The van der Waals surface area contributed by atoms with Crippen LogP contribution in [0.5, 0.6) is 0 Å². The Morgan fingerprint density at radius 3 is 2.17 bits per heavy atom. The molecule has 0 saturated carbocycles. The van der Waals surface area contributed by atoms with E-state index in [9.17, 15) is 18.0 Å². The van der Waals surface area contributed by atoms with Crippen LogP contribution < -0.4 is 9.62 Å². The summed E-state index contributed by atoms with van der Waals surface area (Å²) in [6.07, 6.45) is 3.15. The standard InChI is InChI=1S/C32H41N3O4S/c1-6-7-18-33-32(37)30(21-27-13-9-8-10-14-27)34(22-28-15-11-12-24(2)20-28)31(36)23-35(40(5,38)39)29-17-16-25(3)19-26(29)4/h8-17,19-20,30H,6-7,18,21-23H2,1-5H3,(H,33,37)/t30-/m0/s1. The van der Waals surface area contributed by atoms with Crippen LogP contribution in [0.25, 0.3) is 0 Å². The van der Waals surface area contributed by atoms with Crippen molar-refractivity contribution in [2.45, 2.75) is 59.5 Å². The fourth-order valence-corrected chi connectivity index (χ4v) is 5.65. The fourth-order valence-electron chi connectivity index (χ4n) is 4.75. The van der Waals surface area contributed by atoms with E-state index in [1.165, 1.54) is 4.90 Å². The van der Waals surface area contributed by atoms with Gasteiger partial charge in [0.25, 0.3) is 0 Å². The van der Waals surface area contributed by atoms with Gasteiger partial charge in [0.05, 0.1) is 11.9 Å². The zero-order valence-corrected chi connectivity index (χ0v) is 25.0. The molecule has 0 heterocycles. The van der Waals surface area contributed by atoms with Crippen molar-refractivity contribution < 1.29 is 18.0 Å². The minimum absolute atomic E-state index is 0.170. The molecular formula is C32H41N3O4S. The van der Waals surface area contributed by atoms with E-state index in [0.717, 1.165) is 51.2 Å². The van der Waals surface area contributed by atoms with Crippen LogP contribution >= 0.6 is 0 Å². The van der Waals surface area contributed by atoms with Crippen LogP contribution in [-0.4, -0.2) is 50.5 Å². The number of carbonyl (C=O) groups excluding carboxylic acids is 2. The molecule has 0 radical (unpaired) electrons. The summed E-state index contributed by atoms with van der Waals surface area (Å²) in [7, 11) is -3.80. The Bertz CT molecular complexity index is 1410. The number of carbonyl (C=O) groups is 2. The van der Waals surface area contributed by atoms with E-state index in [-0.39, 0.29) is 12.5 Å². The molecule has 1 N–H and O–H groups in total. The third-order valence-electron chi connectivity index (χ3n) is 6.84. The third kappa shape index (κ3) is 8.68. The van der Waals surface area contributed by atoms with Gasteiger partial charge in [0.2, 0.25) is 21.8 Å². The number of amides is 2. The van der Waals surface area contributed by atoms with E-state index in [1.54, 1.807) is 6.07 Å². The van der Waals surface area contributed by atoms with E-state index in [4.69, 9.17) is 0 Å². The predicted molar refractivity (Wildman–Crippen MR) is 162 cm³/mol. The van der Waals surface area contributed by atoms with Gasteiger partial charge in [-0.2, -0.15) is 0 Å². The SMILES string of the molecule is CCCCNC(=O)[C@H](Cc1ccccc1)N(Cc1cccc(C)c1)C(=O)CN(c1ccc(C)cc1C)S(C)(=O)=O. The molecule has 3 aromatic carbocycles. The first-order chi connectivity index (χ1) is 19.0. The highest BCUT2D eigenvalue weighted by atomic mass is 32.2. The number of nitrogens with one attached hydrogen (secondary N) is 1. The molecule has 1 atom stereocenters. The second-order valence-corrected chi connectivity index (χ2v) is 12.3. The van der Waals surface area contributed by atoms with Gasteiger partial charge < -0.3 is 10.2 Å². The minimum Gasteiger partial charge on any atom is -0.354 e. The summed E-state index contributed by atoms with van der Waals surface area (Å²) in [6, 6.07) is 22.0. The van der Waals surface area contributed by atoms with Crippen LogP contribution in [0.2, 0.25) is 0 Å². The maximum absolute atomic E-state index is 14.1. The molecule has 0 spiro atoms. The summed E-state index contributed by atoms with van der Waals surface area (Å²) in [5, 5.41) is 3.00. The highest BCUT2D eigenvalue weighted by Crippen LogP contribution is 2.25. The number of nitrogens with zero attached hydrogens (tertiary/aromatic N) is 2. The van der Waals surface area contributed by atoms with Gasteiger partial charge in [-0.1, -0.05) is 91.2 Å². The molecule has 214 valence electrons. The summed E-state index contributed by atoms with van der Waals surface area (Å²) in [5.41, 5.74) is 5.00. The van der Waals surface area contributed by atoms with Crippen LogP contribution in [0.15, 0.2) is 72.8 Å². The Labute approximate surface area is 239 Å². The molecule has 8 heteroatoms. The summed E-state index contributed by atoms with van der Waals surface area (Å²) in [5.74, 6) is -0.700. The molecule has 3 aromatic rings. The summed E-state index contributed by atoms with van der Waals surface area (Å²) in [6.45, 7) is 8.04. The van der Waals surface area contributed by atoms with Gasteiger partial charge in [-0.15, -0.1) is 0 Å². The van der Waals surface area contributed by atoms with Crippen molar-refractivity contribution in [2.24, 2.45) is 0 Å². The smallest absolute Gasteiger partial charge is 0.244 e. The second kappa shape index (κ2) is 14.1. The van der Waals surface area contributed by atoms with Crippen molar-refractivity contribution in [3.63, 3.8) is 0 Å². The molecule has 0 aliphatic rings. The van der Waals surface area contributed by atoms with Gasteiger partial charge >= 0.3 is 0 Å². The molecule has 0 aliphatic heterocycles. The van der Waals surface area contributed by atoms with Crippen LogP contribution in [-0.2, 0) is 32.6 Å². The van der Waals surface area contributed by atoms with Crippen molar-refractivity contribution in [1.29, 1.82) is 0 Å². The summed E-state index contributed by atoms with van der Waals surface area (Å²) < 4.78 is 27.1. The molecule has 3 rings (SSSR count). The predicted octanol–water partition coefficient (Wildman–Crippen LogP) is 4.93. The highest BCUT2D eigenvalue weighted by molar-refractivity contribution is 7.92. The Hall–Kier alpha value is -3.65. The van der Waals surface area contributed by atoms with Crippen molar-refractivity contribution in [3.05, 3.63) is 101 Å². The molecule has 0 fully saturated rings. The second-order valence-electron chi connectivity index (χ2n) is 10.4. The lowest BCUT2D eigenvalue weighted by Crippen LogP contribution is -2.53. The lowest BCUT2D eigenvalue weighted by molar-refractivity contribution is -0.140. The number of unbranched alkanes of at least 4 members (excludes halogenated alkanes) is 1. The number of hydrogen-bond donors (Lipinski definition) is 1. The Morgan fingerprint density at radius 2 is 1.55 bits per heavy atom. The molecular weight excluding hydrogens is 522 g/mol. The van der Waals surface area contributed by atoms with Gasteiger partial charge in [0.15, 0.2) is 0 Å². The zero-order valence-electron chi connectivity index (χ0n) is 24.2. The molecule has 0 aromatic heterocycles. The largest absolute Gasteiger partial charge is 0.354 e. The monoisotopic (exact) mass is 563 g/mol. The summed E-state index contributed by atoms with van der Waals surface area (Å²) in [4.78, 5) is 29.3. The van der Waals surface area contributed by atoms with E-state index < -0.39 is 28.5 Å². The molecule has 2 amide bonds. The van der Waals surface area contributed by atoms with E-state index >= 15 is 0 Å². The maximum Gasteiger partial charge on any atom is 0.244 e. The lowest BCUT2D eigenvalue weighted by atomic mass is 10.0.